The standard InChI is InChI=1S/C14H21NO5/c1-5-18-10-8-9(15)11(14(16)17-4)13(20-7-3)12(10)19-6-2/h8H,5-7,15H2,1-4H3. The molecule has 0 bridgehead atoms. The lowest BCUT2D eigenvalue weighted by molar-refractivity contribution is 0.0596. The zero-order valence-corrected chi connectivity index (χ0v) is 12.3. The first kappa shape index (κ1) is 15.9. The van der Waals surface area contributed by atoms with Gasteiger partial charge in [-0.15, -0.1) is 0 Å². The van der Waals surface area contributed by atoms with Crippen molar-refractivity contribution in [3.8, 4) is 17.2 Å². The number of anilines is 1. The van der Waals surface area contributed by atoms with E-state index in [0.29, 0.717) is 31.3 Å². The maximum absolute atomic E-state index is 11.9. The van der Waals surface area contributed by atoms with E-state index in [2.05, 4.69) is 0 Å². The predicted molar refractivity (Wildman–Crippen MR) is 75.7 cm³/mol. The summed E-state index contributed by atoms with van der Waals surface area (Å²) in [4.78, 5) is 11.9. The monoisotopic (exact) mass is 283 g/mol. The SMILES string of the molecule is CCOc1cc(N)c(C(=O)OC)c(OCC)c1OCC. The molecular weight excluding hydrogens is 262 g/mol. The first-order valence-electron chi connectivity index (χ1n) is 6.53. The van der Waals surface area contributed by atoms with E-state index in [9.17, 15) is 4.79 Å². The number of hydrogen-bond donors (Lipinski definition) is 1. The summed E-state index contributed by atoms with van der Waals surface area (Å²) < 4.78 is 21.3. The Morgan fingerprint density at radius 3 is 2.10 bits per heavy atom. The van der Waals surface area contributed by atoms with Gasteiger partial charge in [0.1, 0.15) is 5.56 Å². The predicted octanol–water partition coefficient (Wildman–Crippen LogP) is 2.25. The van der Waals surface area contributed by atoms with Crippen LogP contribution in [0.25, 0.3) is 0 Å². The third-order valence-electron chi connectivity index (χ3n) is 2.50. The summed E-state index contributed by atoms with van der Waals surface area (Å²) in [5.74, 6) is 0.494. The van der Waals surface area contributed by atoms with E-state index in [1.54, 1.807) is 13.0 Å². The smallest absolute Gasteiger partial charge is 0.343 e. The summed E-state index contributed by atoms with van der Waals surface area (Å²) in [6, 6.07) is 1.54. The molecule has 0 aliphatic rings. The number of carbonyl (C=O) groups excluding carboxylic acids is 1. The van der Waals surface area contributed by atoms with Crippen LogP contribution in [0.15, 0.2) is 6.07 Å². The van der Waals surface area contributed by atoms with Crippen LogP contribution in [0.1, 0.15) is 31.1 Å². The van der Waals surface area contributed by atoms with Gasteiger partial charge in [-0.1, -0.05) is 0 Å². The molecule has 1 aromatic carbocycles. The molecular formula is C14H21NO5. The van der Waals surface area contributed by atoms with Gasteiger partial charge in [0.25, 0.3) is 0 Å². The van der Waals surface area contributed by atoms with Gasteiger partial charge in [-0.3, -0.25) is 0 Å². The van der Waals surface area contributed by atoms with Crippen LogP contribution in [0.2, 0.25) is 0 Å². The maximum atomic E-state index is 11.9. The second-order valence-corrected chi connectivity index (χ2v) is 3.79. The fourth-order valence-corrected chi connectivity index (χ4v) is 1.77. The van der Waals surface area contributed by atoms with E-state index in [0.717, 1.165) is 0 Å². The van der Waals surface area contributed by atoms with E-state index >= 15 is 0 Å². The van der Waals surface area contributed by atoms with Gasteiger partial charge in [0, 0.05) is 6.07 Å². The maximum Gasteiger partial charge on any atom is 0.343 e. The molecule has 20 heavy (non-hydrogen) atoms. The second kappa shape index (κ2) is 7.47. The van der Waals surface area contributed by atoms with Crippen molar-refractivity contribution in [3.63, 3.8) is 0 Å². The molecule has 0 saturated carbocycles. The Morgan fingerprint density at radius 1 is 1.05 bits per heavy atom. The van der Waals surface area contributed by atoms with Gasteiger partial charge in [0.2, 0.25) is 5.75 Å². The Bertz CT molecular complexity index is 473. The number of benzene rings is 1. The first-order chi connectivity index (χ1) is 9.60. The van der Waals surface area contributed by atoms with Crippen molar-refractivity contribution in [2.24, 2.45) is 0 Å². The lowest BCUT2D eigenvalue weighted by Gasteiger charge is -2.19. The number of hydrogen-bond acceptors (Lipinski definition) is 6. The summed E-state index contributed by atoms with van der Waals surface area (Å²) in [7, 11) is 1.29. The molecule has 1 aromatic rings. The molecule has 112 valence electrons. The first-order valence-corrected chi connectivity index (χ1v) is 6.53. The summed E-state index contributed by atoms with van der Waals surface area (Å²) in [5, 5.41) is 0. The van der Waals surface area contributed by atoms with Crippen molar-refractivity contribution in [3.05, 3.63) is 11.6 Å². The van der Waals surface area contributed by atoms with Gasteiger partial charge in [-0.05, 0) is 20.8 Å². The summed E-state index contributed by atoms with van der Waals surface area (Å²) in [6.45, 7) is 6.70. The van der Waals surface area contributed by atoms with Crippen LogP contribution in [0.5, 0.6) is 17.2 Å². The molecule has 0 saturated heterocycles. The fraction of sp³-hybridized carbons (Fsp3) is 0.500. The summed E-state index contributed by atoms with van der Waals surface area (Å²) >= 11 is 0. The van der Waals surface area contributed by atoms with Crippen LogP contribution in [0.4, 0.5) is 5.69 Å². The number of nitrogen functional groups attached to an aromatic ring is 1. The van der Waals surface area contributed by atoms with Crippen molar-refractivity contribution in [2.75, 3.05) is 32.7 Å². The molecule has 0 amide bonds. The Labute approximate surface area is 118 Å². The van der Waals surface area contributed by atoms with E-state index in [-0.39, 0.29) is 17.0 Å². The minimum absolute atomic E-state index is 0.154. The Balaban J connectivity index is 3.51. The lowest BCUT2D eigenvalue weighted by atomic mass is 10.1. The van der Waals surface area contributed by atoms with Gasteiger partial charge in [-0.25, -0.2) is 4.79 Å². The van der Waals surface area contributed by atoms with Gasteiger partial charge >= 0.3 is 5.97 Å². The quantitative estimate of drug-likeness (QED) is 0.610. The number of carbonyl (C=O) groups is 1. The average molecular weight is 283 g/mol. The number of rotatable bonds is 7. The van der Waals surface area contributed by atoms with Gasteiger partial charge in [0.05, 0.1) is 32.6 Å². The minimum atomic E-state index is -0.574. The highest BCUT2D eigenvalue weighted by molar-refractivity contribution is 6.00. The third kappa shape index (κ3) is 3.26. The number of esters is 1. The van der Waals surface area contributed by atoms with Crippen LogP contribution >= 0.6 is 0 Å². The number of nitrogens with two attached hydrogens (primary N) is 1. The molecule has 6 heteroatoms. The van der Waals surface area contributed by atoms with E-state index in [1.165, 1.54) is 7.11 Å². The van der Waals surface area contributed by atoms with E-state index in [4.69, 9.17) is 24.7 Å². The van der Waals surface area contributed by atoms with E-state index < -0.39 is 5.97 Å². The Hall–Kier alpha value is -2.11. The normalized spacial score (nSPS) is 10.0. The van der Waals surface area contributed by atoms with Gasteiger partial charge < -0.3 is 24.7 Å². The molecule has 2 N–H and O–H groups in total. The number of ether oxygens (including phenoxy) is 4. The number of methoxy groups -OCH3 is 1. The Kier molecular flexibility index (Phi) is 5.96. The molecule has 0 atom stereocenters. The van der Waals surface area contributed by atoms with Gasteiger partial charge in [0.15, 0.2) is 11.5 Å². The van der Waals surface area contributed by atoms with Crippen molar-refractivity contribution in [2.45, 2.75) is 20.8 Å². The topological polar surface area (TPSA) is 80.0 Å². The van der Waals surface area contributed by atoms with Gasteiger partial charge in [-0.2, -0.15) is 0 Å². The highest BCUT2D eigenvalue weighted by Crippen LogP contribution is 2.44. The molecule has 6 nitrogen and oxygen atoms in total. The largest absolute Gasteiger partial charge is 0.490 e. The molecule has 0 unspecified atom stereocenters. The van der Waals surface area contributed by atoms with Crippen molar-refractivity contribution in [1.29, 1.82) is 0 Å². The van der Waals surface area contributed by atoms with Crippen molar-refractivity contribution >= 4 is 11.7 Å². The zero-order chi connectivity index (χ0) is 15.1. The summed E-state index contributed by atoms with van der Waals surface area (Å²) in [6.07, 6.45) is 0. The van der Waals surface area contributed by atoms with Crippen LogP contribution in [-0.4, -0.2) is 32.9 Å². The molecule has 0 aliphatic carbocycles. The van der Waals surface area contributed by atoms with Crippen LogP contribution < -0.4 is 19.9 Å². The lowest BCUT2D eigenvalue weighted by Crippen LogP contribution is -2.12. The molecule has 0 radical (unpaired) electrons. The van der Waals surface area contributed by atoms with Crippen LogP contribution in [-0.2, 0) is 4.74 Å². The molecule has 0 aromatic heterocycles. The highest BCUT2D eigenvalue weighted by Gasteiger charge is 2.25. The molecule has 1 rings (SSSR count). The van der Waals surface area contributed by atoms with Crippen molar-refractivity contribution < 1.29 is 23.7 Å². The molecule has 0 fully saturated rings. The zero-order valence-electron chi connectivity index (χ0n) is 12.3. The van der Waals surface area contributed by atoms with Crippen LogP contribution in [0.3, 0.4) is 0 Å². The average Bonchev–Trinajstić information content (AvgIpc) is 2.42. The molecule has 0 heterocycles. The van der Waals surface area contributed by atoms with Crippen LogP contribution in [0, 0.1) is 0 Å². The Morgan fingerprint density at radius 2 is 1.60 bits per heavy atom. The van der Waals surface area contributed by atoms with Crippen molar-refractivity contribution in [1.82, 2.24) is 0 Å². The molecule has 0 spiro atoms. The van der Waals surface area contributed by atoms with E-state index in [1.807, 2.05) is 13.8 Å². The highest BCUT2D eigenvalue weighted by atomic mass is 16.5. The summed E-state index contributed by atoms with van der Waals surface area (Å²) in [5.41, 5.74) is 6.29. The molecule has 0 aliphatic heterocycles. The third-order valence-corrected chi connectivity index (χ3v) is 2.50. The second-order valence-electron chi connectivity index (χ2n) is 3.79. The minimum Gasteiger partial charge on any atom is -0.490 e. The fourth-order valence-electron chi connectivity index (χ4n) is 1.77.